The molecule has 0 atom stereocenters. The topological polar surface area (TPSA) is 53.6 Å². The van der Waals surface area contributed by atoms with Gasteiger partial charge in [-0.05, 0) is 38.6 Å². The van der Waals surface area contributed by atoms with Crippen molar-refractivity contribution in [3.63, 3.8) is 0 Å². The third kappa shape index (κ3) is 5.92. The van der Waals surface area contributed by atoms with Crippen LogP contribution in [0.25, 0.3) is 0 Å². The first kappa shape index (κ1) is 15.3. The summed E-state index contributed by atoms with van der Waals surface area (Å²) in [6.07, 6.45) is 9.00. The fraction of sp³-hybridized carbons (Fsp3) is 0.800. The lowest BCUT2D eigenvalue weighted by Gasteiger charge is -2.26. The van der Waals surface area contributed by atoms with Gasteiger partial charge in [0.05, 0.1) is 13.2 Å². The maximum atomic E-state index is 11.6. The lowest BCUT2D eigenvalue weighted by molar-refractivity contribution is 0.0375. The molecule has 0 aromatic carbocycles. The molecule has 1 aliphatic heterocycles. The third-order valence-corrected chi connectivity index (χ3v) is 3.94. The zero-order valence-electron chi connectivity index (χ0n) is 12.3. The average Bonchev–Trinajstić information content (AvgIpc) is 2.52. The zero-order chi connectivity index (χ0) is 14.0. The van der Waals surface area contributed by atoms with Gasteiger partial charge in [0.25, 0.3) is 0 Å². The molecular formula is C15H27N3O2. The molecule has 0 bridgehead atoms. The van der Waals surface area contributed by atoms with Crippen LogP contribution in [0.4, 0.5) is 4.79 Å². The van der Waals surface area contributed by atoms with Crippen molar-refractivity contribution in [1.82, 2.24) is 15.5 Å². The predicted molar refractivity (Wildman–Crippen MR) is 79.6 cm³/mol. The lowest BCUT2D eigenvalue weighted by Crippen LogP contribution is -2.39. The van der Waals surface area contributed by atoms with E-state index in [0.29, 0.717) is 0 Å². The molecule has 2 N–H and O–H groups in total. The second kappa shape index (κ2) is 8.97. The summed E-state index contributed by atoms with van der Waals surface area (Å²) in [4.78, 5) is 14.0. The van der Waals surface area contributed by atoms with Gasteiger partial charge in [0.2, 0.25) is 0 Å². The number of rotatable bonds is 5. The van der Waals surface area contributed by atoms with Crippen molar-refractivity contribution in [2.75, 3.05) is 39.4 Å². The van der Waals surface area contributed by atoms with Crippen LogP contribution in [0.15, 0.2) is 11.8 Å². The van der Waals surface area contributed by atoms with E-state index < -0.39 is 0 Å². The van der Waals surface area contributed by atoms with E-state index in [1.54, 1.807) is 0 Å². The van der Waals surface area contributed by atoms with Crippen LogP contribution in [0.3, 0.4) is 0 Å². The Hall–Kier alpha value is -1.07. The quantitative estimate of drug-likeness (QED) is 0.756. The number of allylic oxidation sites excluding steroid dienone is 1. The Morgan fingerprint density at radius 2 is 1.95 bits per heavy atom. The molecule has 1 heterocycles. The molecule has 1 aliphatic carbocycles. The van der Waals surface area contributed by atoms with Crippen molar-refractivity contribution >= 4 is 6.03 Å². The molecule has 2 fully saturated rings. The molecule has 0 aromatic rings. The molecule has 2 amide bonds. The highest BCUT2D eigenvalue weighted by molar-refractivity contribution is 5.74. The second-order valence-electron chi connectivity index (χ2n) is 5.57. The van der Waals surface area contributed by atoms with Crippen molar-refractivity contribution in [3.8, 4) is 0 Å². The van der Waals surface area contributed by atoms with Crippen molar-refractivity contribution in [2.24, 2.45) is 0 Å². The Morgan fingerprint density at radius 3 is 2.70 bits per heavy atom. The van der Waals surface area contributed by atoms with E-state index in [4.69, 9.17) is 4.74 Å². The summed E-state index contributed by atoms with van der Waals surface area (Å²) in [5.41, 5.74) is 1.37. The minimum Gasteiger partial charge on any atom is -0.379 e. The van der Waals surface area contributed by atoms with E-state index in [-0.39, 0.29) is 6.03 Å². The molecule has 2 aliphatic rings. The van der Waals surface area contributed by atoms with Crippen LogP contribution in [-0.4, -0.2) is 50.3 Å². The highest BCUT2D eigenvalue weighted by atomic mass is 16.5. The number of urea groups is 1. The van der Waals surface area contributed by atoms with Gasteiger partial charge in [-0.2, -0.15) is 0 Å². The second-order valence-corrected chi connectivity index (χ2v) is 5.57. The van der Waals surface area contributed by atoms with Crippen LogP contribution >= 0.6 is 0 Å². The SMILES string of the molecule is O=C(NC=C1CCCCC1)NCCCN1CCOCC1. The molecule has 1 saturated heterocycles. The van der Waals surface area contributed by atoms with Crippen molar-refractivity contribution in [2.45, 2.75) is 38.5 Å². The Labute approximate surface area is 121 Å². The highest BCUT2D eigenvalue weighted by Gasteiger charge is 2.09. The van der Waals surface area contributed by atoms with Crippen LogP contribution in [0.1, 0.15) is 38.5 Å². The summed E-state index contributed by atoms with van der Waals surface area (Å²) >= 11 is 0. The Balaban J connectivity index is 1.51. The summed E-state index contributed by atoms with van der Waals surface area (Å²) in [5.74, 6) is 0. The van der Waals surface area contributed by atoms with Crippen molar-refractivity contribution in [1.29, 1.82) is 0 Å². The molecule has 0 radical (unpaired) electrons. The summed E-state index contributed by atoms with van der Waals surface area (Å²) in [6.45, 7) is 5.46. The molecular weight excluding hydrogens is 254 g/mol. The molecule has 2 rings (SSSR count). The van der Waals surface area contributed by atoms with Gasteiger partial charge in [-0.3, -0.25) is 4.90 Å². The van der Waals surface area contributed by atoms with E-state index >= 15 is 0 Å². The normalized spacial score (nSPS) is 20.5. The molecule has 0 spiro atoms. The minimum absolute atomic E-state index is 0.0787. The molecule has 0 aromatic heterocycles. The Bertz CT molecular complexity index is 317. The first-order chi connectivity index (χ1) is 9.84. The van der Waals surface area contributed by atoms with Crippen molar-refractivity contribution < 1.29 is 9.53 Å². The molecule has 1 saturated carbocycles. The van der Waals surface area contributed by atoms with Gasteiger partial charge < -0.3 is 15.4 Å². The monoisotopic (exact) mass is 281 g/mol. The fourth-order valence-electron chi connectivity index (χ4n) is 2.70. The van der Waals surface area contributed by atoms with Crippen LogP contribution in [-0.2, 0) is 4.74 Å². The number of amides is 2. The Morgan fingerprint density at radius 1 is 1.20 bits per heavy atom. The highest BCUT2D eigenvalue weighted by Crippen LogP contribution is 2.21. The number of nitrogens with zero attached hydrogens (tertiary/aromatic N) is 1. The van der Waals surface area contributed by atoms with Gasteiger partial charge in [-0.15, -0.1) is 0 Å². The van der Waals surface area contributed by atoms with Crippen molar-refractivity contribution in [3.05, 3.63) is 11.8 Å². The average molecular weight is 281 g/mol. The van der Waals surface area contributed by atoms with Gasteiger partial charge in [0.15, 0.2) is 0 Å². The predicted octanol–water partition coefficient (Wildman–Crippen LogP) is 1.86. The minimum atomic E-state index is -0.0787. The van der Waals surface area contributed by atoms with E-state index in [1.807, 2.05) is 6.20 Å². The number of hydrogen-bond acceptors (Lipinski definition) is 3. The summed E-state index contributed by atoms with van der Waals surface area (Å²) in [5, 5.41) is 5.75. The van der Waals surface area contributed by atoms with Gasteiger partial charge in [0.1, 0.15) is 0 Å². The maximum absolute atomic E-state index is 11.6. The number of ether oxygens (including phenoxy) is 1. The van der Waals surface area contributed by atoms with E-state index in [1.165, 1.54) is 24.8 Å². The third-order valence-electron chi connectivity index (χ3n) is 3.94. The number of nitrogens with one attached hydrogen (secondary N) is 2. The van der Waals surface area contributed by atoms with Gasteiger partial charge in [-0.25, -0.2) is 4.79 Å². The molecule has 0 unspecified atom stereocenters. The van der Waals surface area contributed by atoms with E-state index in [2.05, 4.69) is 15.5 Å². The first-order valence-electron chi connectivity index (χ1n) is 7.87. The number of morpholine rings is 1. The van der Waals surface area contributed by atoms with Gasteiger partial charge in [-0.1, -0.05) is 12.0 Å². The molecule has 114 valence electrons. The van der Waals surface area contributed by atoms with Gasteiger partial charge >= 0.3 is 6.03 Å². The first-order valence-corrected chi connectivity index (χ1v) is 7.87. The standard InChI is InChI=1S/C15H27N3O2/c19-15(17-13-14-5-2-1-3-6-14)16-7-4-8-18-9-11-20-12-10-18/h13H,1-12H2,(H2,16,17,19). The van der Waals surface area contributed by atoms with Crippen LogP contribution in [0.2, 0.25) is 0 Å². The summed E-state index contributed by atoms with van der Waals surface area (Å²) in [6, 6.07) is -0.0787. The smallest absolute Gasteiger partial charge is 0.318 e. The van der Waals surface area contributed by atoms with Crippen LogP contribution in [0.5, 0.6) is 0 Å². The summed E-state index contributed by atoms with van der Waals surface area (Å²) in [7, 11) is 0. The van der Waals surface area contributed by atoms with E-state index in [9.17, 15) is 4.79 Å². The zero-order valence-corrected chi connectivity index (χ0v) is 12.3. The largest absolute Gasteiger partial charge is 0.379 e. The molecule has 20 heavy (non-hydrogen) atoms. The molecule has 5 nitrogen and oxygen atoms in total. The van der Waals surface area contributed by atoms with Gasteiger partial charge in [0, 0.05) is 25.8 Å². The van der Waals surface area contributed by atoms with Crippen LogP contribution < -0.4 is 10.6 Å². The summed E-state index contributed by atoms with van der Waals surface area (Å²) < 4.78 is 5.31. The Kier molecular flexibility index (Phi) is 6.88. The fourth-order valence-corrected chi connectivity index (χ4v) is 2.70. The van der Waals surface area contributed by atoms with Crippen LogP contribution in [0, 0.1) is 0 Å². The number of hydrogen-bond donors (Lipinski definition) is 2. The lowest BCUT2D eigenvalue weighted by atomic mass is 9.96. The van der Waals surface area contributed by atoms with E-state index in [0.717, 1.165) is 58.7 Å². The maximum Gasteiger partial charge on any atom is 0.318 e. The number of carbonyl (C=O) groups is 1. The molecule has 5 heteroatoms. The number of carbonyl (C=O) groups excluding carboxylic acids is 1.